The van der Waals surface area contributed by atoms with Crippen molar-refractivity contribution in [3.63, 3.8) is 0 Å². The van der Waals surface area contributed by atoms with Crippen LogP contribution in [0.1, 0.15) is 25.5 Å². The molecule has 2 amide bonds. The van der Waals surface area contributed by atoms with Gasteiger partial charge in [0.2, 0.25) is 5.91 Å². The van der Waals surface area contributed by atoms with Crippen molar-refractivity contribution in [3.05, 3.63) is 35.0 Å². The number of halogens is 4. The summed E-state index contributed by atoms with van der Waals surface area (Å²) in [6, 6.07) is 0.303. The lowest BCUT2D eigenvalue weighted by molar-refractivity contribution is -0.191. The number of carbonyl (C=O) groups is 2. The summed E-state index contributed by atoms with van der Waals surface area (Å²) in [6.07, 6.45) is 3.86. The standard InChI is InChI=1S/C22H23ClF3N7O2/c1-13(19(34)28-11-14-6-2-3-7-14)32(21(35)22(24,25)26)20-15(10-27)12-29-33(20)18-17(23)16-8-4-5-9-31(16)30-18/h2-3,6-7,12-15,20H,4-5,8-9,11H2,1H3,(H,28,34). The third-order valence-corrected chi connectivity index (χ3v) is 6.59. The van der Waals surface area contributed by atoms with Crippen molar-refractivity contribution in [2.24, 2.45) is 16.9 Å². The van der Waals surface area contributed by atoms with Crippen LogP contribution in [0.15, 0.2) is 29.4 Å². The minimum atomic E-state index is -5.29. The Morgan fingerprint density at radius 3 is 2.69 bits per heavy atom. The number of alkyl halides is 3. The van der Waals surface area contributed by atoms with Crippen LogP contribution in [0.4, 0.5) is 19.0 Å². The maximum atomic E-state index is 13.7. The number of allylic oxidation sites excluding steroid dienone is 2. The Hall–Kier alpha value is -3.33. The van der Waals surface area contributed by atoms with Gasteiger partial charge in [0.05, 0.1) is 11.8 Å². The van der Waals surface area contributed by atoms with Gasteiger partial charge in [-0.15, -0.1) is 0 Å². The summed E-state index contributed by atoms with van der Waals surface area (Å²) in [5.74, 6) is -4.38. The van der Waals surface area contributed by atoms with E-state index in [1.807, 2.05) is 18.2 Å². The number of hydrazone groups is 1. The van der Waals surface area contributed by atoms with Crippen molar-refractivity contribution in [3.8, 4) is 6.07 Å². The lowest BCUT2D eigenvalue weighted by Gasteiger charge is -2.38. The highest BCUT2D eigenvalue weighted by atomic mass is 35.5. The van der Waals surface area contributed by atoms with Crippen LogP contribution in [0.2, 0.25) is 5.02 Å². The second kappa shape index (κ2) is 9.73. The van der Waals surface area contributed by atoms with Gasteiger partial charge in [-0.3, -0.25) is 19.2 Å². The van der Waals surface area contributed by atoms with E-state index in [2.05, 4.69) is 15.5 Å². The molecule has 9 nitrogen and oxygen atoms in total. The van der Waals surface area contributed by atoms with E-state index in [4.69, 9.17) is 11.6 Å². The zero-order valence-corrected chi connectivity index (χ0v) is 19.5. The first-order valence-corrected chi connectivity index (χ1v) is 11.5. The monoisotopic (exact) mass is 509 g/mol. The first-order valence-electron chi connectivity index (χ1n) is 11.1. The van der Waals surface area contributed by atoms with Crippen LogP contribution in [0, 0.1) is 23.2 Å². The highest BCUT2D eigenvalue weighted by Crippen LogP contribution is 2.38. The predicted molar refractivity (Wildman–Crippen MR) is 121 cm³/mol. The molecule has 13 heteroatoms. The van der Waals surface area contributed by atoms with Gasteiger partial charge < -0.3 is 5.32 Å². The van der Waals surface area contributed by atoms with Crippen LogP contribution < -0.4 is 10.3 Å². The van der Waals surface area contributed by atoms with E-state index in [0.29, 0.717) is 23.6 Å². The van der Waals surface area contributed by atoms with Gasteiger partial charge in [0.15, 0.2) is 5.82 Å². The lowest BCUT2D eigenvalue weighted by atomic mass is 10.1. The molecule has 3 atom stereocenters. The van der Waals surface area contributed by atoms with Crippen LogP contribution in [-0.4, -0.2) is 57.6 Å². The maximum absolute atomic E-state index is 13.7. The zero-order chi connectivity index (χ0) is 25.3. The van der Waals surface area contributed by atoms with Gasteiger partial charge in [-0.05, 0) is 26.2 Å². The van der Waals surface area contributed by atoms with E-state index < -0.39 is 36.1 Å². The van der Waals surface area contributed by atoms with E-state index in [1.54, 1.807) is 16.8 Å². The molecule has 3 aliphatic rings. The fraction of sp³-hybridized carbons (Fsp3) is 0.500. The molecule has 1 aromatic rings. The molecule has 0 aromatic carbocycles. The highest BCUT2D eigenvalue weighted by molar-refractivity contribution is 6.33. The van der Waals surface area contributed by atoms with Gasteiger partial charge in [-0.25, -0.2) is 5.01 Å². The number of nitriles is 1. The fourth-order valence-electron chi connectivity index (χ4n) is 4.37. The quantitative estimate of drug-likeness (QED) is 0.634. The molecular weight excluding hydrogens is 487 g/mol. The minimum absolute atomic E-state index is 0.0383. The second-order valence-electron chi connectivity index (χ2n) is 8.51. The molecule has 0 bridgehead atoms. The van der Waals surface area contributed by atoms with Gasteiger partial charge >= 0.3 is 12.1 Å². The molecule has 0 saturated heterocycles. The molecule has 1 N–H and O–H groups in total. The van der Waals surface area contributed by atoms with Crippen LogP contribution in [-0.2, 0) is 22.6 Å². The van der Waals surface area contributed by atoms with Gasteiger partial charge in [0, 0.05) is 25.2 Å². The number of amides is 2. The molecule has 3 unspecified atom stereocenters. The Labute approximate surface area is 204 Å². The molecule has 35 heavy (non-hydrogen) atoms. The predicted octanol–water partition coefficient (Wildman–Crippen LogP) is 2.78. The smallest absolute Gasteiger partial charge is 0.353 e. The zero-order valence-electron chi connectivity index (χ0n) is 18.7. The summed E-state index contributed by atoms with van der Waals surface area (Å²) in [4.78, 5) is 25.9. The number of aromatic nitrogens is 2. The summed E-state index contributed by atoms with van der Waals surface area (Å²) in [5.41, 5.74) is 0.708. The number of anilines is 1. The number of nitrogens with zero attached hydrogens (tertiary/aromatic N) is 6. The second-order valence-corrected chi connectivity index (χ2v) is 8.89. The van der Waals surface area contributed by atoms with Crippen molar-refractivity contribution in [1.82, 2.24) is 20.0 Å². The molecule has 1 aromatic heterocycles. The Kier molecular flexibility index (Phi) is 6.89. The molecule has 186 valence electrons. The third kappa shape index (κ3) is 4.77. The van der Waals surface area contributed by atoms with Gasteiger partial charge in [0.25, 0.3) is 0 Å². The number of nitrogens with one attached hydrogen (secondary N) is 1. The average molecular weight is 510 g/mol. The molecule has 0 fully saturated rings. The molecule has 0 radical (unpaired) electrons. The Morgan fingerprint density at radius 2 is 2.06 bits per heavy atom. The van der Waals surface area contributed by atoms with Crippen LogP contribution in [0.3, 0.4) is 0 Å². The molecule has 2 aliphatic heterocycles. The van der Waals surface area contributed by atoms with E-state index in [0.717, 1.165) is 24.1 Å². The lowest BCUT2D eigenvalue weighted by Crippen LogP contribution is -2.61. The van der Waals surface area contributed by atoms with Crippen LogP contribution in [0.5, 0.6) is 0 Å². The van der Waals surface area contributed by atoms with Crippen molar-refractivity contribution in [2.75, 3.05) is 11.6 Å². The molecular formula is C22H23ClF3N7O2. The van der Waals surface area contributed by atoms with Crippen molar-refractivity contribution in [1.29, 1.82) is 5.26 Å². The first kappa shape index (κ1) is 24.8. The van der Waals surface area contributed by atoms with Gasteiger partial charge in [-0.2, -0.15) is 28.6 Å². The van der Waals surface area contributed by atoms with Crippen LogP contribution >= 0.6 is 11.6 Å². The first-order chi connectivity index (χ1) is 16.6. The van der Waals surface area contributed by atoms with Gasteiger partial charge in [-0.1, -0.05) is 35.9 Å². The number of aryl methyl sites for hydroxylation is 1. The Bertz CT molecular complexity index is 1130. The van der Waals surface area contributed by atoms with E-state index >= 15 is 0 Å². The molecule has 3 heterocycles. The third-order valence-electron chi connectivity index (χ3n) is 6.20. The molecule has 4 rings (SSSR count). The Morgan fingerprint density at radius 1 is 1.34 bits per heavy atom. The highest BCUT2D eigenvalue weighted by Gasteiger charge is 2.52. The molecule has 0 spiro atoms. The topological polar surface area (TPSA) is 107 Å². The number of rotatable bonds is 6. The van der Waals surface area contributed by atoms with E-state index in [-0.39, 0.29) is 23.3 Å². The van der Waals surface area contributed by atoms with Crippen LogP contribution in [0.25, 0.3) is 0 Å². The fourth-order valence-corrected chi connectivity index (χ4v) is 4.69. The van der Waals surface area contributed by atoms with E-state index in [1.165, 1.54) is 6.92 Å². The summed E-state index contributed by atoms with van der Waals surface area (Å²) < 4.78 is 42.8. The summed E-state index contributed by atoms with van der Waals surface area (Å²) in [5, 5.41) is 22.0. The number of fused-ring (bicyclic) bond motifs is 1. The normalized spacial score (nSPS) is 22.2. The molecule has 1 aliphatic carbocycles. The summed E-state index contributed by atoms with van der Waals surface area (Å²) in [7, 11) is 0. The maximum Gasteiger partial charge on any atom is 0.471 e. The SMILES string of the molecule is CC(C(=O)NCC1C=CC=C1)N(C(=O)C(F)(F)F)C1C(C#N)C=NN1c1nn2c(c1Cl)CCCC2. The molecule has 0 saturated carbocycles. The number of hydrogen-bond donors (Lipinski definition) is 1. The largest absolute Gasteiger partial charge is 0.471 e. The number of carbonyl (C=O) groups excluding carboxylic acids is 2. The average Bonchev–Trinajstić information content (AvgIpc) is 3.56. The summed E-state index contributed by atoms with van der Waals surface area (Å²) >= 11 is 6.52. The van der Waals surface area contributed by atoms with E-state index in [9.17, 15) is 28.0 Å². The Balaban J connectivity index is 1.68. The van der Waals surface area contributed by atoms with Crippen molar-refractivity contribution >= 4 is 35.4 Å². The summed E-state index contributed by atoms with van der Waals surface area (Å²) in [6.45, 7) is 1.91. The minimum Gasteiger partial charge on any atom is -0.353 e. The van der Waals surface area contributed by atoms with Crippen molar-refractivity contribution in [2.45, 2.75) is 51.1 Å². The van der Waals surface area contributed by atoms with Crippen molar-refractivity contribution < 1.29 is 22.8 Å². The number of hydrogen-bond acceptors (Lipinski definition) is 6. The van der Waals surface area contributed by atoms with Gasteiger partial charge in [0.1, 0.15) is 23.1 Å².